The van der Waals surface area contributed by atoms with Crippen molar-refractivity contribution in [3.05, 3.63) is 21.8 Å². The predicted molar refractivity (Wildman–Crippen MR) is 116 cm³/mol. The molecule has 2 N–H and O–H groups in total. The van der Waals surface area contributed by atoms with Crippen LogP contribution in [0, 0.1) is 5.92 Å². The zero-order chi connectivity index (χ0) is 21.2. The van der Waals surface area contributed by atoms with Crippen molar-refractivity contribution in [2.45, 2.75) is 64.5 Å². The van der Waals surface area contributed by atoms with Crippen LogP contribution in [-0.4, -0.2) is 39.4 Å². The number of nitrogens with one attached hydrogen (secondary N) is 2. The van der Waals surface area contributed by atoms with Crippen LogP contribution in [0.15, 0.2) is 5.16 Å². The van der Waals surface area contributed by atoms with Crippen LogP contribution in [-0.2, 0) is 27.8 Å². The first-order valence-electron chi connectivity index (χ1n) is 9.86. The molecule has 0 saturated carbocycles. The zero-order valence-electron chi connectivity index (χ0n) is 17.5. The second-order valence-corrected chi connectivity index (χ2v) is 10.4. The third-order valence-electron chi connectivity index (χ3n) is 4.75. The van der Waals surface area contributed by atoms with Crippen LogP contribution in [0.5, 0.6) is 0 Å². The number of anilines is 1. The van der Waals surface area contributed by atoms with E-state index in [1.54, 1.807) is 6.92 Å². The Kier molecular flexibility index (Phi) is 6.68. The van der Waals surface area contributed by atoms with Crippen LogP contribution in [0.2, 0.25) is 0 Å². The Hall–Kier alpha value is -1.87. The fourth-order valence-corrected chi connectivity index (χ4v) is 5.21. The van der Waals surface area contributed by atoms with Crippen LogP contribution < -0.4 is 5.32 Å². The molecule has 7 nitrogen and oxygen atoms in total. The quantitative estimate of drug-likeness (QED) is 0.520. The summed E-state index contributed by atoms with van der Waals surface area (Å²) in [5, 5.41) is 11.1. The summed E-state index contributed by atoms with van der Waals surface area (Å²) < 4.78 is 5.25. The maximum atomic E-state index is 12.6. The number of carbonyl (C=O) groups is 2. The summed E-state index contributed by atoms with van der Waals surface area (Å²) in [5.74, 6) is 0.992. The molecule has 1 atom stereocenters. The van der Waals surface area contributed by atoms with Crippen molar-refractivity contribution < 1.29 is 14.3 Å². The number of aromatic nitrogens is 3. The van der Waals surface area contributed by atoms with Crippen LogP contribution in [0.3, 0.4) is 0 Å². The number of amides is 1. The fraction of sp³-hybridized carbons (Fsp3) is 0.600. The smallest absolute Gasteiger partial charge is 0.341 e. The van der Waals surface area contributed by atoms with Gasteiger partial charge in [0.15, 0.2) is 0 Å². The van der Waals surface area contributed by atoms with Gasteiger partial charge in [-0.05, 0) is 37.7 Å². The van der Waals surface area contributed by atoms with Gasteiger partial charge in [-0.1, -0.05) is 39.5 Å². The summed E-state index contributed by atoms with van der Waals surface area (Å²) in [4.78, 5) is 30.7. The van der Waals surface area contributed by atoms with Gasteiger partial charge in [-0.2, -0.15) is 0 Å². The van der Waals surface area contributed by atoms with E-state index in [9.17, 15) is 9.59 Å². The average molecular weight is 437 g/mol. The van der Waals surface area contributed by atoms with E-state index in [-0.39, 0.29) is 23.0 Å². The first-order valence-corrected chi connectivity index (χ1v) is 11.7. The van der Waals surface area contributed by atoms with Crippen molar-refractivity contribution in [1.82, 2.24) is 15.2 Å². The van der Waals surface area contributed by atoms with Crippen molar-refractivity contribution in [3.63, 3.8) is 0 Å². The summed E-state index contributed by atoms with van der Waals surface area (Å²) in [6.45, 7) is 10.5. The van der Waals surface area contributed by atoms with E-state index in [0.29, 0.717) is 28.2 Å². The Labute approximate surface area is 179 Å². The van der Waals surface area contributed by atoms with Crippen LogP contribution in [0.25, 0.3) is 0 Å². The van der Waals surface area contributed by atoms with Gasteiger partial charge in [0, 0.05) is 10.3 Å². The lowest BCUT2D eigenvalue weighted by Crippen LogP contribution is -2.17. The molecule has 9 heteroatoms. The Bertz CT molecular complexity index is 898. The number of rotatable bonds is 6. The topological polar surface area (TPSA) is 97.0 Å². The minimum absolute atomic E-state index is 0.129. The number of thiophene rings is 1. The van der Waals surface area contributed by atoms with Gasteiger partial charge in [0.05, 0.1) is 17.9 Å². The zero-order valence-corrected chi connectivity index (χ0v) is 19.2. The summed E-state index contributed by atoms with van der Waals surface area (Å²) in [6.07, 6.45) is 2.82. The minimum Gasteiger partial charge on any atom is -0.462 e. The molecule has 29 heavy (non-hydrogen) atoms. The van der Waals surface area contributed by atoms with Gasteiger partial charge in [-0.3, -0.25) is 9.89 Å². The molecular weight excluding hydrogens is 408 g/mol. The number of H-pyrrole nitrogens is 1. The van der Waals surface area contributed by atoms with E-state index in [2.05, 4.69) is 27.4 Å². The highest BCUT2D eigenvalue weighted by atomic mass is 32.2. The van der Waals surface area contributed by atoms with E-state index in [4.69, 9.17) is 4.74 Å². The molecular formula is C20H28N4O3S2. The third kappa shape index (κ3) is 5.19. The number of hydrogen-bond acceptors (Lipinski definition) is 7. The minimum atomic E-state index is -0.355. The number of nitrogens with zero attached hydrogens (tertiary/aromatic N) is 2. The molecule has 0 aliphatic heterocycles. The molecule has 0 unspecified atom stereocenters. The first kappa shape index (κ1) is 21.8. The highest BCUT2D eigenvalue weighted by molar-refractivity contribution is 7.99. The number of thioether (sulfide) groups is 1. The summed E-state index contributed by atoms with van der Waals surface area (Å²) in [5.41, 5.74) is 1.44. The molecule has 0 spiro atoms. The largest absolute Gasteiger partial charge is 0.462 e. The second-order valence-electron chi connectivity index (χ2n) is 8.33. The third-order valence-corrected chi connectivity index (χ3v) is 6.77. The SMILES string of the molecule is CCOC(=O)c1c(NC(=O)CSc2n[nH]c(C(C)(C)C)n2)sc2c1CC[C@H](C)C2. The molecule has 2 aromatic heterocycles. The molecule has 1 amide bonds. The Morgan fingerprint density at radius 3 is 2.79 bits per heavy atom. The van der Waals surface area contributed by atoms with Crippen LogP contribution in [0.4, 0.5) is 5.00 Å². The monoisotopic (exact) mass is 436 g/mol. The van der Waals surface area contributed by atoms with Crippen molar-refractivity contribution in [3.8, 4) is 0 Å². The van der Waals surface area contributed by atoms with Gasteiger partial charge in [0.2, 0.25) is 11.1 Å². The number of hydrogen-bond donors (Lipinski definition) is 2. The van der Waals surface area contributed by atoms with Crippen molar-refractivity contribution in [1.29, 1.82) is 0 Å². The molecule has 0 aromatic carbocycles. The number of esters is 1. The van der Waals surface area contributed by atoms with E-state index in [1.165, 1.54) is 28.0 Å². The van der Waals surface area contributed by atoms with E-state index in [0.717, 1.165) is 30.7 Å². The first-order chi connectivity index (χ1) is 13.7. The lowest BCUT2D eigenvalue weighted by Gasteiger charge is -2.18. The molecule has 0 bridgehead atoms. The molecule has 3 rings (SSSR count). The second kappa shape index (κ2) is 8.87. The van der Waals surface area contributed by atoms with Crippen LogP contribution >= 0.6 is 23.1 Å². The molecule has 0 fully saturated rings. The number of aromatic amines is 1. The number of carbonyl (C=O) groups excluding carboxylic acids is 2. The van der Waals surface area contributed by atoms with E-state index < -0.39 is 0 Å². The molecule has 158 valence electrons. The normalized spacial score (nSPS) is 16.4. The average Bonchev–Trinajstić information content (AvgIpc) is 3.24. The Morgan fingerprint density at radius 1 is 1.38 bits per heavy atom. The van der Waals surface area contributed by atoms with Gasteiger partial charge in [0.1, 0.15) is 10.8 Å². The van der Waals surface area contributed by atoms with Crippen molar-refractivity contribution in [2.75, 3.05) is 17.7 Å². The Balaban J connectivity index is 1.71. The highest BCUT2D eigenvalue weighted by Crippen LogP contribution is 2.40. The Morgan fingerprint density at radius 2 is 2.14 bits per heavy atom. The fourth-order valence-electron chi connectivity index (χ4n) is 3.20. The standard InChI is InChI=1S/C20H28N4O3S2/c1-6-27-17(26)15-12-8-7-11(2)9-13(12)29-16(15)21-14(25)10-28-19-22-18(23-24-19)20(3,4)5/h11H,6-10H2,1-5H3,(H,21,25)(H,22,23,24)/t11-/m0/s1. The van der Waals surface area contributed by atoms with E-state index in [1.807, 2.05) is 20.8 Å². The maximum absolute atomic E-state index is 12.6. The summed E-state index contributed by atoms with van der Waals surface area (Å²) in [7, 11) is 0. The number of ether oxygens (including phenoxy) is 1. The van der Waals surface area contributed by atoms with Crippen molar-refractivity contribution in [2.24, 2.45) is 5.92 Å². The van der Waals surface area contributed by atoms with Gasteiger partial charge in [-0.15, -0.1) is 16.4 Å². The van der Waals surface area contributed by atoms with E-state index >= 15 is 0 Å². The van der Waals surface area contributed by atoms with Gasteiger partial charge < -0.3 is 10.1 Å². The van der Waals surface area contributed by atoms with Gasteiger partial charge in [0.25, 0.3) is 0 Å². The summed E-state index contributed by atoms with van der Waals surface area (Å²) >= 11 is 2.77. The molecule has 0 saturated heterocycles. The molecule has 2 aromatic rings. The van der Waals surface area contributed by atoms with Crippen molar-refractivity contribution >= 4 is 40.0 Å². The number of fused-ring (bicyclic) bond motifs is 1. The predicted octanol–water partition coefficient (Wildman–Crippen LogP) is 4.20. The molecule has 1 aliphatic rings. The summed E-state index contributed by atoms with van der Waals surface area (Å²) in [6, 6.07) is 0. The lowest BCUT2D eigenvalue weighted by atomic mass is 9.88. The highest BCUT2D eigenvalue weighted by Gasteiger charge is 2.29. The van der Waals surface area contributed by atoms with Crippen LogP contribution in [0.1, 0.15) is 67.7 Å². The molecule has 2 heterocycles. The van der Waals surface area contributed by atoms with Gasteiger partial charge in [-0.25, -0.2) is 9.78 Å². The molecule has 1 aliphatic carbocycles. The molecule has 0 radical (unpaired) electrons. The lowest BCUT2D eigenvalue weighted by molar-refractivity contribution is -0.113. The van der Waals surface area contributed by atoms with Gasteiger partial charge >= 0.3 is 5.97 Å². The maximum Gasteiger partial charge on any atom is 0.341 e.